The first-order valence-corrected chi connectivity index (χ1v) is 16.2. The number of carbonyl (C=O) groups excluding carboxylic acids is 6. The smallest absolute Gasteiger partial charge is 0.252 e. The van der Waals surface area contributed by atoms with Gasteiger partial charge in [0.1, 0.15) is 23.9 Å². The molecule has 5 amide bonds. The summed E-state index contributed by atoms with van der Waals surface area (Å²) in [6, 6.07) is -0.848. The minimum atomic E-state index is -1.17. The molecule has 46 heavy (non-hydrogen) atoms. The second-order valence-electron chi connectivity index (χ2n) is 12.6. The quantitative estimate of drug-likeness (QED) is 0.123. The average molecular weight is 646 g/mol. The fraction of sp³-hybridized carbons (Fsp3) is 0.667. The highest BCUT2D eigenvalue weighted by Crippen LogP contribution is 2.12. The number of nitrogens with zero attached hydrogens (tertiary/aromatic N) is 1. The molecule has 3 unspecified atom stereocenters. The summed E-state index contributed by atoms with van der Waals surface area (Å²) in [6.07, 6.45) is 3.85. The van der Waals surface area contributed by atoms with Gasteiger partial charge < -0.3 is 31.9 Å². The van der Waals surface area contributed by atoms with Crippen LogP contribution in [0.1, 0.15) is 91.9 Å². The molecule has 0 saturated carbocycles. The van der Waals surface area contributed by atoms with Crippen molar-refractivity contribution in [2.24, 2.45) is 17.8 Å². The van der Waals surface area contributed by atoms with E-state index in [1.807, 2.05) is 48.5 Å². The van der Waals surface area contributed by atoms with Crippen molar-refractivity contribution in [1.82, 2.24) is 36.9 Å². The molecule has 6 N–H and O–H groups in total. The van der Waals surface area contributed by atoms with Gasteiger partial charge in [-0.3, -0.25) is 33.8 Å². The first-order valence-electron chi connectivity index (χ1n) is 16.2. The molecule has 1 aromatic heterocycles. The predicted molar refractivity (Wildman–Crippen MR) is 176 cm³/mol. The van der Waals surface area contributed by atoms with Crippen LogP contribution in [0.15, 0.2) is 24.5 Å². The van der Waals surface area contributed by atoms with E-state index in [1.54, 1.807) is 6.92 Å². The largest absolute Gasteiger partial charge is 0.355 e. The molecule has 0 bridgehead atoms. The van der Waals surface area contributed by atoms with Crippen molar-refractivity contribution in [1.29, 1.82) is 0 Å². The molecule has 0 radical (unpaired) electrons. The molecule has 0 saturated heterocycles. The van der Waals surface area contributed by atoms with Gasteiger partial charge in [0, 0.05) is 43.5 Å². The van der Waals surface area contributed by atoms with Crippen molar-refractivity contribution in [3.05, 3.63) is 30.1 Å². The maximum Gasteiger partial charge on any atom is 0.252 e. The van der Waals surface area contributed by atoms with Gasteiger partial charge in [-0.1, -0.05) is 48.0 Å². The second-order valence-corrected chi connectivity index (χ2v) is 12.6. The van der Waals surface area contributed by atoms with Gasteiger partial charge in [-0.15, -0.1) is 0 Å². The van der Waals surface area contributed by atoms with E-state index in [0.29, 0.717) is 24.9 Å². The number of hydrogen-bond donors (Lipinski definition) is 6. The SMILES string of the molecule is CCNC(=O)C(NC(=O)[C@H](C)NCC(CC(C)C)NC(=O)[C@H](CC(C)=O)NC(=O)C(NC(=O)c1ccncc1)[C@@H](C)CC)C(C)C. The fourth-order valence-corrected chi connectivity index (χ4v) is 4.76. The Morgan fingerprint density at radius 2 is 1.39 bits per heavy atom. The molecule has 13 heteroatoms. The Hall–Kier alpha value is -3.87. The van der Waals surface area contributed by atoms with Gasteiger partial charge in [0.25, 0.3) is 5.91 Å². The second kappa shape index (κ2) is 20.3. The number of hydrogen-bond acceptors (Lipinski definition) is 8. The number of ketones is 1. The molecule has 1 aromatic rings. The van der Waals surface area contributed by atoms with Crippen LogP contribution in [0.4, 0.5) is 0 Å². The van der Waals surface area contributed by atoms with Crippen LogP contribution in [-0.4, -0.2) is 83.6 Å². The van der Waals surface area contributed by atoms with Crippen molar-refractivity contribution in [3.8, 4) is 0 Å². The number of rotatable bonds is 20. The molecule has 0 aliphatic carbocycles. The molecule has 13 nitrogen and oxygen atoms in total. The summed E-state index contributed by atoms with van der Waals surface area (Å²) < 4.78 is 0. The number of carbonyl (C=O) groups is 6. The monoisotopic (exact) mass is 645 g/mol. The molecule has 1 heterocycles. The average Bonchev–Trinajstić information content (AvgIpc) is 2.99. The van der Waals surface area contributed by atoms with Crippen molar-refractivity contribution in [3.63, 3.8) is 0 Å². The Morgan fingerprint density at radius 1 is 0.761 bits per heavy atom. The number of amides is 5. The van der Waals surface area contributed by atoms with Crippen molar-refractivity contribution < 1.29 is 28.8 Å². The van der Waals surface area contributed by atoms with E-state index in [0.717, 1.165) is 0 Å². The molecule has 0 spiro atoms. The molecular formula is C33H55N7O6. The van der Waals surface area contributed by atoms with Gasteiger partial charge in [-0.2, -0.15) is 0 Å². The van der Waals surface area contributed by atoms with Gasteiger partial charge in [0.05, 0.1) is 6.04 Å². The minimum absolute atomic E-state index is 0.118. The summed E-state index contributed by atoms with van der Waals surface area (Å²) in [5, 5.41) is 17.1. The lowest BCUT2D eigenvalue weighted by Gasteiger charge is -2.29. The summed E-state index contributed by atoms with van der Waals surface area (Å²) in [4.78, 5) is 81.2. The highest BCUT2D eigenvalue weighted by atomic mass is 16.2. The molecule has 258 valence electrons. The van der Waals surface area contributed by atoms with E-state index in [2.05, 4.69) is 36.9 Å². The Morgan fingerprint density at radius 3 is 1.91 bits per heavy atom. The van der Waals surface area contributed by atoms with Gasteiger partial charge in [0.2, 0.25) is 23.6 Å². The minimum Gasteiger partial charge on any atom is -0.355 e. The third-order valence-electron chi connectivity index (χ3n) is 7.61. The van der Waals surface area contributed by atoms with Crippen molar-refractivity contribution in [2.45, 2.75) is 112 Å². The maximum absolute atomic E-state index is 13.5. The summed E-state index contributed by atoms with van der Waals surface area (Å²) >= 11 is 0. The Kier molecular flexibility index (Phi) is 17.7. The third kappa shape index (κ3) is 14.1. The first-order chi connectivity index (χ1) is 21.6. The molecular weight excluding hydrogens is 590 g/mol. The summed E-state index contributed by atoms with van der Waals surface area (Å²) in [5.74, 6) is -2.69. The predicted octanol–water partition coefficient (Wildman–Crippen LogP) is 1.48. The van der Waals surface area contributed by atoms with E-state index in [4.69, 9.17) is 0 Å². The highest BCUT2D eigenvalue weighted by Gasteiger charge is 2.32. The lowest BCUT2D eigenvalue weighted by atomic mass is 9.97. The molecule has 0 aromatic carbocycles. The normalized spacial score (nSPS) is 15.1. The zero-order chi connectivity index (χ0) is 35.0. The van der Waals surface area contributed by atoms with Crippen LogP contribution in [0, 0.1) is 17.8 Å². The van der Waals surface area contributed by atoms with Gasteiger partial charge in [-0.05, 0) is 57.1 Å². The van der Waals surface area contributed by atoms with E-state index < -0.39 is 47.9 Å². The Balaban J connectivity index is 3.02. The topological polar surface area (TPSA) is 187 Å². The van der Waals surface area contributed by atoms with E-state index in [1.165, 1.54) is 31.5 Å². The molecule has 6 atom stereocenters. The summed E-state index contributed by atoms with van der Waals surface area (Å²) in [6.45, 7) is 16.9. The molecule has 0 aliphatic heterocycles. The van der Waals surface area contributed by atoms with Crippen LogP contribution in [0.3, 0.4) is 0 Å². The van der Waals surface area contributed by atoms with Crippen LogP contribution in [0.5, 0.6) is 0 Å². The zero-order valence-corrected chi connectivity index (χ0v) is 28.9. The summed E-state index contributed by atoms with van der Waals surface area (Å²) in [7, 11) is 0. The summed E-state index contributed by atoms with van der Waals surface area (Å²) in [5.41, 5.74) is 0.338. The number of nitrogens with one attached hydrogen (secondary N) is 6. The fourth-order valence-electron chi connectivity index (χ4n) is 4.76. The third-order valence-corrected chi connectivity index (χ3v) is 7.61. The van der Waals surface area contributed by atoms with Crippen LogP contribution in [-0.2, 0) is 24.0 Å². The Bertz CT molecular complexity index is 1160. The first kappa shape index (κ1) is 40.2. The number of Topliss-reactive ketones (excluding diaryl/α,β-unsaturated/α-hetero) is 1. The Labute approximate surface area is 273 Å². The molecule has 0 fully saturated rings. The van der Waals surface area contributed by atoms with Crippen LogP contribution >= 0.6 is 0 Å². The van der Waals surface area contributed by atoms with E-state index >= 15 is 0 Å². The van der Waals surface area contributed by atoms with Crippen molar-refractivity contribution in [2.75, 3.05) is 13.1 Å². The zero-order valence-electron chi connectivity index (χ0n) is 28.9. The molecule has 0 aliphatic rings. The highest BCUT2D eigenvalue weighted by molar-refractivity contribution is 5.99. The van der Waals surface area contributed by atoms with E-state index in [-0.39, 0.29) is 48.3 Å². The van der Waals surface area contributed by atoms with Gasteiger partial charge in [-0.25, -0.2) is 0 Å². The molecule has 1 rings (SSSR count). The van der Waals surface area contributed by atoms with Gasteiger partial charge >= 0.3 is 0 Å². The number of pyridine rings is 1. The maximum atomic E-state index is 13.5. The standard InChI is InChI=1S/C33H55N7O6/c1-10-21(7)28(40-30(43)24-12-14-34-15-13-24)33(46)38-26(17-22(8)41)31(44)37-25(16-19(3)4)18-36-23(9)29(42)39-27(20(5)6)32(45)35-11-2/h12-15,19-21,23,25-28,36H,10-11,16-18H2,1-9H3,(H,35,45)(H,37,44)(H,38,46)(H,39,42)(H,40,43)/t21-,23-,25?,26-,27?,28?/m0/s1. The number of aromatic nitrogens is 1. The van der Waals surface area contributed by atoms with Crippen LogP contribution in [0.2, 0.25) is 0 Å². The lowest BCUT2D eigenvalue weighted by molar-refractivity contribution is -0.132. The van der Waals surface area contributed by atoms with Gasteiger partial charge in [0.15, 0.2) is 0 Å². The number of likely N-dealkylation sites (N-methyl/N-ethyl adjacent to an activating group) is 1. The lowest BCUT2D eigenvalue weighted by Crippen LogP contribution is -2.58. The van der Waals surface area contributed by atoms with Crippen LogP contribution in [0.25, 0.3) is 0 Å². The van der Waals surface area contributed by atoms with Crippen LogP contribution < -0.4 is 31.9 Å². The van der Waals surface area contributed by atoms with E-state index in [9.17, 15) is 28.8 Å². The van der Waals surface area contributed by atoms with Crippen molar-refractivity contribution >= 4 is 35.3 Å².